The zero-order chi connectivity index (χ0) is 15.5. The van der Waals surface area contributed by atoms with Crippen molar-refractivity contribution >= 4 is 5.91 Å². The Balaban J connectivity index is 1.69. The van der Waals surface area contributed by atoms with Gasteiger partial charge in [-0.2, -0.15) is 0 Å². The molecule has 114 valence electrons. The molecule has 2 aromatic rings. The van der Waals surface area contributed by atoms with Crippen LogP contribution >= 0.6 is 0 Å². The van der Waals surface area contributed by atoms with E-state index in [1.54, 1.807) is 12.1 Å². The highest BCUT2D eigenvalue weighted by Gasteiger charge is 2.32. The minimum Gasteiger partial charge on any atom is -0.335 e. The number of hydrogen-bond donors (Lipinski definition) is 0. The van der Waals surface area contributed by atoms with E-state index in [-0.39, 0.29) is 11.7 Å². The highest BCUT2D eigenvalue weighted by Crippen LogP contribution is 2.29. The fourth-order valence-corrected chi connectivity index (χ4v) is 2.58. The van der Waals surface area contributed by atoms with E-state index >= 15 is 0 Å². The summed E-state index contributed by atoms with van der Waals surface area (Å²) < 4.78 is 12.9. The van der Waals surface area contributed by atoms with Crippen molar-refractivity contribution in [3.63, 3.8) is 0 Å². The van der Waals surface area contributed by atoms with Crippen molar-refractivity contribution in [1.82, 2.24) is 4.90 Å². The van der Waals surface area contributed by atoms with Crippen LogP contribution in [0.1, 0.15) is 29.5 Å². The van der Waals surface area contributed by atoms with Gasteiger partial charge in [0, 0.05) is 12.6 Å². The summed E-state index contributed by atoms with van der Waals surface area (Å²) in [6.07, 6.45) is 2.50. The molecule has 0 aliphatic heterocycles. The van der Waals surface area contributed by atoms with Crippen LogP contribution in [0.15, 0.2) is 48.5 Å². The molecule has 1 aliphatic carbocycles. The number of aryl methyl sites for hydroxylation is 1. The molecular weight excluding hydrogens is 277 g/mol. The van der Waals surface area contributed by atoms with E-state index < -0.39 is 0 Å². The van der Waals surface area contributed by atoms with Gasteiger partial charge in [0.2, 0.25) is 5.91 Å². The van der Waals surface area contributed by atoms with Gasteiger partial charge >= 0.3 is 0 Å². The predicted octanol–water partition coefficient (Wildman–Crippen LogP) is 3.87. The summed E-state index contributed by atoms with van der Waals surface area (Å²) in [7, 11) is 0. The lowest BCUT2D eigenvalue weighted by molar-refractivity contribution is -0.131. The fourth-order valence-electron chi connectivity index (χ4n) is 2.58. The van der Waals surface area contributed by atoms with Crippen molar-refractivity contribution in [3.05, 3.63) is 71.0 Å². The Bertz CT molecular complexity index is 644. The summed E-state index contributed by atoms with van der Waals surface area (Å²) in [5, 5.41) is 0. The first kappa shape index (κ1) is 14.8. The van der Waals surface area contributed by atoms with E-state index in [2.05, 4.69) is 31.2 Å². The Labute approximate surface area is 130 Å². The lowest BCUT2D eigenvalue weighted by Crippen LogP contribution is -2.33. The van der Waals surface area contributed by atoms with Crippen LogP contribution in [0.25, 0.3) is 0 Å². The van der Waals surface area contributed by atoms with Gasteiger partial charge < -0.3 is 4.90 Å². The molecule has 0 heterocycles. The first-order valence-electron chi connectivity index (χ1n) is 7.71. The number of rotatable bonds is 5. The van der Waals surface area contributed by atoms with Gasteiger partial charge in [-0.25, -0.2) is 4.39 Å². The standard InChI is InChI=1S/C19H20FNO/c1-14-2-4-16(5-3-14)13-21(18-10-11-18)19(22)12-15-6-8-17(20)9-7-15/h2-9,18H,10-13H2,1H3. The average Bonchev–Trinajstić information content (AvgIpc) is 3.33. The van der Waals surface area contributed by atoms with Crippen molar-refractivity contribution in [2.75, 3.05) is 0 Å². The summed E-state index contributed by atoms with van der Waals surface area (Å²) in [6, 6.07) is 14.9. The van der Waals surface area contributed by atoms with Gasteiger partial charge in [0.25, 0.3) is 0 Å². The predicted molar refractivity (Wildman–Crippen MR) is 84.9 cm³/mol. The second-order valence-corrected chi connectivity index (χ2v) is 6.04. The van der Waals surface area contributed by atoms with E-state index in [4.69, 9.17) is 0 Å². The van der Waals surface area contributed by atoms with Gasteiger partial charge in [-0.05, 0) is 43.0 Å². The van der Waals surface area contributed by atoms with Crippen LogP contribution < -0.4 is 0 Å². The molecule has 0 atom stereocenters. The Morgan fingerprint density at radius 1 is 1.05 bits per heavy atom. The first-order chi connectivity index (χ1) is 10.6. The summed E-state index contributed by atoms with van der Waals surface area (Å²) >= 11 is 0. The molecule has 1 fully saturated rings. The molecule has 1 aliphatic rings. The van der Waals surface area contributed by atoms with Crippen LogP contribution in [-0.2, 0) is 17.8 Å². The number of hydrogen-bond acceptors (Lipinski definition) is 1. The summed E-state index contributed by atoms with van der Waals surface area (Å²) in [5.41, 5.74) is 3.24. The molecule has 0 radical (unpaired) electrons. The van der Waals surface area contributed by atoms with E-state index in [1.165, 1.54) is 17.7 Å². The molecule has 3 rings (SSSR count). The Kier molecular flexibility index (Phi) is 4.23. The third kappa shape index (κ3) is 3.73. The quantitative estimate of drug-likeness (QED) is 0.820. The number of carbonyl (C=O) groups excluding carboxylic acids is 1. The second-order valence-electron chi connectivity index (χ2n) is 6.04. The Morgan fingerprint density at radius 3 is 2.23 bits per heavy atom. The minimum atomic E-state index is -0.269. The molecule has 22 heavy (non-hydrogen) atoms. The molecular formula is C19H20FNO. The highest BCUT2D eigenvalue weighted by atomic mass is 19.1. The molecule has 3 heteroatoms. The summed E-state index contributed by atoms with van der Waals surface area (Å²) in [5.74, 6) is -0.149. The maximum atomic E-state index is 12.9. The lowest BCUT2D eigenvalue weighted by atomic mass is 10.1. The van der Waals surface area contributed by atoms with Gasteiger partial charge in [-0.3, -0.25) is 4.79 Å². The monoisotopic (exact) mass is 297 g/mol. The largest absolute Gasteiger partial charge is 0.335 e. The molecule has 0 unspecified atom stereocenters. The average molecular weight is 297 g/mol. The molecule has 0 bridgehead atoms. The van der Waals surface area contributed by atoms with E-state index in [0.717, 1.165) is 24.0 Å². The fraction of sp³-hybridized carbons (Fsp3) is 0.316. The number of nitrogens with zero attached hydrogens (tertiary/aromatic N) is 1. The Morgan fingerprint density at radius 2 is 1.64 bits per heavy atom. The third-order valence-corrected chi connectivity index (χ3v) is 4.05. The zero-order valence-electron chi connectivity index (χ0n) is 12.8. The van der Waals surface area contributed by atoms with Gasteiger partial charge in [0.1, 0.15) is 5.82 Å². The molecule has 2 aromatic carbocycles. The maximum absolute atomic E-state index is 12.9. The normalized spacial score (nSPS) is 13.9. The maximum Gasteiger partial charge on any atom is 0.227 e. The smallest absolute Gasteiger partial charge is 0.227 e. The molecule has 0 spiro atoms. The van der Waals surface area contributed by atoms with Crippen LogP contribution in [0, 0.1) is 12.7 Å². The highest BCUT2D eigenvalue weighted by molar-refractivity contribution is 5.79. The van der Waals surface area contributed by atoms with E-state index in [1.807, 2.05) is 4.90 Å². The number of carbonyl (C=O) groups is 1. The zero-order valence-corrected chi connectivity index (χ0v) is 12.8. The van der Waals surface area contributed by atoms with Crippen molar-refractivity contribution in [2.45, 2.75) is 38.8 Å². The van der Waals surface area contributed by atoms with Crippen LogP contribution in [0.5, 0.6) is 0 Å². The second kappa shape index (κ2) is 6.30. The molecule has 1 saturated carbocycles. The van der Waals surface area contributed by atoms with Crippen LogP contribution in [0.3, 0.4) is 0 Å². The van der Waals surface area contributed by atoms with Crippen LogP contribution in [-0.4, -0.2) is 16.8 Å². The van der Waals surface area contributed by atoms with Crippen LogP contribution in [0.2, 0.25) is 0 Å². The first-order valence-corrected chi connectivity index (χ1v) is 7.71. The SMILES string of the molecule is Cc1ccc(CN(C(=O)Cc2ccc(F)cc2)C2CC2)cc1. The third-order valence-electron chi connectivity index (χ3n) is 4.05. The Hall–Kier alpha value is -2.16. The minimum absolute atomic E-state index is 0.120. The molecule has 0 N–H and O–H groups in total. The van der Waals surface area contributed by atoms with Crippen molar-refractivity contribution in [1.29, 1.82) is 0 Å². The van der Waals surface area contributed by atoms with E-state index in [9.17, 15) is 9.18 Å². The lowest BCUT2D eigenvalue weighted by Gasteiger charge is -2.23. The van der Waals surface area contributed by atoms with Crippen molar-refractivity contribution in [3.8, 4) is 0 Å². The van der Waals surface area contributed by atoms with Gasteiger partial charge in [-0.15, -0.1) is 0 Å². The van der Waals surface area contributed by atoms with E-state index in [0.29, 0.717) is 19.0 Å². The molecule has 2 nitrogen and oxygen atoms in total. The number of benzene rings is 2. The van der Waals surface area contributed by atoms with Crippen molar-refractivity contribution < 1.29 is 9.18 Å². The number of halogens is 1. The molecule has 0 aromatic heterocycles. The summed E-state index contributed by atoms with van der Waals surface area (Å²) in [4.78, 5) is 14.5. The number of amides is 1. The van der Waals surface area contributed by atoms with Gasteiger partial charge in [0.15, 0.2) is 0 Å². The van der Waals surface area contributed by atoms with Gasteiger partial charge in [-0.1, -0.05) is 42.0 Å². The summed E-state index contributed by atoms with van der Waals surface area (Å²) in [6.45, 7) is 2.72. The van der Waals surface area contributed by atoms with Crippen LogP contribution in [0.4, 0.5) is 4.39 Å². The van der Waals surface area contributed by atoms with Crippen molar-refractivity contribution in [2.24, 2.45) is 0 Å². The van der Waals surface area contributed by atoms with Gasteiger partial charge in [0.05, 0.1) is 6.42 Å². The topological polar surface area (TPSA) is 20.3 Å². The molecule has 1 amide bonds. The molecule has 0 saturated heterocycles.